The van der Waals surface area contributed by atoms with Crippen LogP contribution in [0, 0.1) is 0 Å². The molecule has 0 heterocycles. The summed E-state index contributed by atoms with van der Waals surface area (Å²) in [5, 5.41) is 8.28. The van der Waals surface area contributed by atoms with Crippen molar-refractivity contribution in [1.82, 2.24) is 0 Å². The van der Waals surface area contributed by atoms with E-state index in [2.05, 4.69) is 14.4 Å². The number of aliphatic carboxylic acids is 1. The number of hydrogen-bond donors (Lipinski definition) is 5. The molecule has 144 valence electrons. The van der Waals surface area contributed by atoms with Gasteiger partial charge in [0.05, 0.1) is 6.54 Å². The predicted molar refractivity (Wildman–Crippen MR) is 80.5 cm³/mol. The Morgan fingerprint density at radius 1 is 1.00 bits per heavy atom. The van der Waals surface area contributed by atoms with Crippen molar-refractivity contribution in [2.45, 2.75) is 25.3 Å². The number of hydrogen-bond acceptors (Lipinski definition) is 8. The molecule has 0 aromatic heterocycles. The standard InChI is InChI=1S/C6H13N2O2.4Na.H5O10P3.Zn/c7-4-2-1-3-5(8)6(9)10;;;;;1-11(2,3)9-13(7,8)10-12(4,5)6;/h5,8H,1-4,7H2,(H,9,10);;;;;(H,7,8)(H2,1,2,3)(H2,4,5,6);/q-1;;;2*+1;;/p-1. The van der Waals surface area contributed by atoms with Gasteiger partial charge in [0.15, 0.2) is 0 Å². The zero-order valence-electron chi connectivity index (χ0n) is 16.2. The maximum atomic E-state index is 10.3. The molecule has 0 saturated heterocycles. The summed E-state index contributed by atoms with van der Waals surface area (Å²) in [6.45, 7) is 0.826. The molecule has 0 rings (SSSR count). The fraction of sp³-hybridized carbons (Fsp3) is 0.833. The number of nitrogens with one attached hydrogen (secondary N) is 1. The first-order valence-electron chi connectivity index (χ1n) is 5.66. The number of carbonyl (C=O) groups is 1. The summed E-state index contributed by atoms with van der Waals surface area (Å²) in [6.07, 6.45) is 2.16. The predicted octanol–water partition coefficient (Wildman–Crippen LogP) is -8.81. The first-order chi connectivity index (χ1) is 10.1. The summed E-state index contributed by atoms with van der Waals surface area (Å²) < 4.78 is 35.7. The van der Waals surface area contributed by atoms with Crippen LogP contribution in [0.4, 0.5) is 0 Å². The summed E-state index contributed by atoms with van der Waals surface area (Å²) in [5.41, 5.74) is 10.6. The maximum absolute atomic E-state index is 10.3. The van der Waals surface area contributed by atoms with E-state index in [0.29, 0.717) is 6.42 Å². The number of rotatable bonds is 9. The van der Waals surface area contributed by atoms with Gasteiger partial charge < -0.3 is 41.0 Å². The van der Waals surface area contributed by atoms with E-state index in [1.807, 2.05) is 0 Å². The fourth-order valence-electron chi connectivity index (χ4n) is 0.924. The molecule has 2 radical (unpaired) electrons. The van der Waals surface area contributed by atoms with Crippen LogP contribution in [0.3, 0.4) is 0 Å². The molecule has 3 atom stereocenters. The molecule has 0 aromatic carbocycles. The Morgan fingerprint density at radius 3 is 1.54 bits per heavy atom. The van der Waals surface area contributed by atoms with Crippen LogP contribution in [-0.2, 0) is 46.6 Å². The molecule has 0 aliphatic carbocycles. The van der Waals surface area contributed by atoms with Crippen molar-refractivity contribution in [2.24, 2.45) is 0 Å². The third kappa shape index (κ3) is 40.7. The van der Waals surface area contributed by atoms with Crippen LogP contribution >= 0.6 is 23.5 Å². The molecule has 0 aromatic rings. The maximum Gasteiger partial charge on any atom is 1.00 e. The molecular weight excluding hydrogens is 542 g/mol. The van der Waals surface area contributed by atoms with Gasteiger partial charge in [0.1, 0.15) is 0 Å². The third-order valence-electron chi connectivity index (χ3n) is 1.70. The molecule has 22 heteroatoms. The molecule has 0 aliphatic rings. The van der Waals surface area contributed by atoms with E-state index in [1.54, 1.807) is 0 Å². The number of phosphoric acid groups is 3. The fourth-order valence-corrected chi connectivity index (χ4v) is 3.40. The Bertz CT molecular complexity index is 494. The van der Waals surface area contributed by atoms with E-state index >= 15 is 0 Å². The zero-order chi connectivity index (χ0) is 18.9. The Morgan fingerprint density at radius 2 is 1.32 bits per heavy atom. The van der Waals surface area contributed by atoms with E-state index in [0.717, 1.165) is 19.4 Å². The molecule has 0 aliphatic heterocycles. The van der Waals surface area contributed by atoms with Gasteiger partial charge in [0.2, 0.25) is 0 Å². The third-order valence-corrected chi connectivity index (χ3v) is 5.01. The Hall–Kier alpha value is 4.42. The van der Waals surface area contributed by atoms with Crippen LogP contribution in [0.25, 0.3) is 5.73 Å². The summed E-state index contributed by atoms with van der Waals surface area (Å²) >= 11 is 0. The van der Waals surface area contributed by atoms with Gasteiger partial charge in [-0.05, 0) is 18.9 Å². The number of carboxylic acid groups (broad SMARTS) is 1. The van der Waals surface area contributed by atoms with Gasteiger partial charge >= 0.3 is 66.9 Å². The molecule has 28 heavy (non-hydrogen) atoms. The van der Waals surface area contributed by atoms with Crippen molar-refractivity contribution in [3.05, 3.63) is 5.73 Å². The van der Waals surface area contributed by atoms with E-state index in [4.69, 9.17) is 25.5 Å². The minimum Gasteiger partial charge on any atom is -0.756 e. The van der Waals surface area contributed by atoms with E-state index in [1.165, 1.54) is 0 Å². The number of carboxylic acids is 1. The summed E-state index contributed by atoms with van der Waals surface area (Å²) in [7, 11) is -16.9. The number of quaternary nitrogens is 1. The van der Waals surface area contributed by atoms with Gasteiger partial charge in [-0.1, -0.05) is 6.42 Å². The smallest absolute Gasteiger partial charge is 0.756 e. The molecule has 8 N–H and O–H groups in total. The van der Waals surface area contributed by atoms with Gasteiger partial charge in [-0.3, -0.25) is 13.9 Å². The van der Waals surface area contributed by atoms with Crippen molar-refractivity contribution >= 4 is 88.6 Å². The average molecular weight is 559 g/mol. The molecule has 0 saturated carbocycles. The van der Waals surface area contributed by atoms with Crippen LogP contribution in [-0.4, -0.2) is 97.5 Å². The van der Waals surface area contributed by atoms with Crippen LogP contribution < -0.4 is 74.6 Å². The Balaban J connectivity index is -0.0000000546. The quantitative estimate of drug-likeness (QED) is 0.100. The first kappa shape index (κ1) is 49.5. The minimum absolute atomic E-state index is 0. The first-order valence-corrected chi connectivity index (χ1v) is 10.1. The Kier molecular flexibility index (Phi) is 43.4. The topological polar surface area (TPSA) is 265 Å². The molecule has 0 spiro atoms. The normalized spacial score (nSPS) is 16.5. The van der Waals surface area contributed by atoms with E-state index in [9.17, 15) is 28.3 Å². The van der Waals surface area contributed by atoms with Crippen molar-refractivity contribution in [3.63, 3.8) is 0 Å². The van der Waals surface area contributed by atoms with Gasteiger partial charge in [-0.2, -0.15) is 0 Å². The van der Waals surface area contributed by atoms with Crippen molar-refractivity contribution < 1.29 is 141 Å². The van der Waals surface area contributed by atoms with Crippen LogP contribution in [0.1, 0.15) is 19.3 Å². The van der Waals surface area contributed by atoms with E-state index < -0.39 is 35.5 Å². The Labute approximate surface area is 263 Å². The SMILES string of the molecule is O=P([O-])(O)OP(=O)(O)OP(=O)([O-])O.[NH-]C(CCCC[NH3+])C(=O)O.[Na+].[Na+].[Na].[Na].[Zn]. The van der Waals surface area contributed by atoms with Gasteiger partial charge in [0.25, 0.3) is 21.6 Å². The molecule has 0 fully saturated rings. The summed E-state index contributed by atoms with van der Waals surface area (Å²) in [4.78, 5) is 53.6. The van der Waals surface area contributed by atoms with Crippen molar-refractivity contribution in [2.75, 3.05) is 6.54 Å². The molecule has 0 bridgehead atoms. The molecule has 3 unspecified atom stereocenters. The molecule has 0 amide bonds. The average Bonchev–Trinajstić information content (AvgIpc) is 2.22. The second-order valence-electron chi connectivity index (χ2n) is 3.81. The van der Waals surface area contributed by atoms with E-state index in [-0.39, 0.29) is 138 Å². The van der Waals surface area contributed by atoms with Crippen LogP contribution in [0.2, 0.25) is 0 Å². The second kappa shape index (κ2) is 24.5. The van der Waals surface area contributed by atoms with Crippen molar-refractivity contribution in [1.29, 1.82) is 0 Å². The zero-order valence-corrected chi connectivity index (χ0v) is 29.9. The van der Waals surface area contributed by atoms with Crippen molar-refractivity contribution in [3.8, 4) is 0 Å². The van der Waals surface area contributed by atoms with Crippen LogP contribution in [0.5, 0.6) is 0 Å². The second-order valence-corrected chi connectivity index (χ2v) is 7.93. The van der Waals surface area contributed by atoms with Gasteiger partial charge in [-0.25, -0.2) is 13.2 Å². The van der Waals surface area contributed by atoms with Crippen LogP contribution in [0.15, 0.2) is 0 Å². The van der Waals surface area contributed by atoms with Gasteiger partial charge in [0, 0.05) is 78.6 Å². The monoisotopic (exact) mass is 558 g/mol. The summed E-state index contributed by atoms with van der Waals surface area (Å²) in [5.74, 6) is -1.02. The number of unbranched alkanes of at least 4 members (excludes halogenated alkanes) is 1. The molecule has 14 nitrogen and oxygen atoms in total. The summed E-state index contributed by atoms with van der Waals surface area (Å²) in [6, 6.07) is -0.938. The molecular formula is C6H17N2Na4O12P3Zn. The van der Waals surface area contributed by atoms with Gasteiger partial charge in [-0.15, -0.1) is 0 Å². The largest absolute Gasteiger partial charge is 1.00 e. The minimum atomic E-state index is -5.63.